The molecule has 0 aromatic heterocycles. The zero-order chi connectivity index (χ0) is 8.99. The fourth-order valence-electron chi connectivity index (χ4n) is 1.45. The molecule has 0 unspecified atom stereocenters. The molecule has 2 aliphatic rings. The zero-order valence-electron chi connectivity index (χ0n) is 7.79. The first-order valence-corrected chi connectivity index (χ1v) is 9.63. The maximum absolute atomic E-state index is 5.65. The predicted molar refractivity (Wildman–Crippen MR) is 48.0 cm³/mol. The monoisotopic (exact) mass is 296 g/mol. The third kappa shape index (κ3) is 2.79. The molecule has 0 aromatic carbocycles. The van der Waals surface area contributed by atoms with Crippen LogP contribution in [0.25, 0.3) is 0 Å². The standard InChI is InChI=1S/2C4H8O2.Sn/c2*5-3-1-2-4-6;/h2*1-4H2;/q2*-2;+4. The molecule has 76 valence electrons. The molecule has 2 heterocycles. The van der Waals surface area contributed by atoms with Crippen molar-refractivity contribution in [2.75, 3.05) is 26.4 Å². The summed E-state index contributed by atoms with van der Waals surface area (Å²) in [6, 6.07) is 0. The van der Waals surface area contributed by atoms with Crippen molar-refractivity contribution in [1.29, 1.82) is 0 Å². The Hall–Kier alpha value is 0.639. The molecule has 2 rings (SSSR count). The van der Waals surface area contributed by atoms with E-state index in [9.17, 15) is 0 Å². The van der Waals surface area contributed by atoms with Crippen molar-refractivity contribution < 1.29 is 12.3 Å². The van der Waals surface area contributed by atoms with Crippen molar-refractivity contribution in [1.82, 2.24) is 0 Å². The first-order valence-electron chi connectivity index (χ1n) is 4.97. The van der Waals surface area contributed by atoms with Crippen molar-refractivity contribution >= 4 is 20.0 Å². The van der Waals surface area contributed by atoms with E-state index >= 15 is 0 Å². The van der Waals surface area contributed by atoms with Gasteiger partial charge in [-0.1, -0.05) is 0 Å². The second-order valence-corrected chi connectivity index (χ2v) is 9.46. The van der Waals surface area contributed by atoms with Crippen molar-refractivity contribution in [3.8, 4) is 0 Å². The molecule has 2 fully saturated rings. The van der Waals surface area contributed by atoms with Crippen LogP contribution in [-0.4, -0.2) is 46.5 Å². The molecule has 0 N–H and O–H groups in total. The van der Waals surface area contributed by atoms with Gasteiger partial charge in [-0.15, -0.1) is 0 Å². The Morgan fingerprint density at radius 1 is 0.538 bits per heavy atom. The molecular weight excluding hydrogens is 279 g/mol. The SMILES string of the molecule is C1CC[O][Sn]2([O]C1)[O]CCCC[O]2. The van der Waals surface area contributed by atoms with Gasteiger partial charge in [0.25, 0.3) is 0 Å². The Morgan fingerprint density at radius 3 is 1.15 bits per heavy atom. The van der Waals surface area contributed by atoms with Crippen molar-refractivity contribution in [2.24, 2.45) is 0 Å². The molecular formula is C8H16O4Sn. The van der Waals surface area contributed by atoms with E-state index in [0.717, 1.165) is 52.1 Å². The van der Waals surface area contributed by atoms with E-state index in [4.69, 9.17) is 12.3 Å². The average Bonchev–Trinajstić information content (AvgIpc) is 2.50. The van der Waals surface area contributed by atoms with E-state index in [1.807, 2.05) is 0 Å². The van der Waals surface area contributed by atoms with Gasteiger partial charge in [-0.25, -0.2) is 0 Å². The quantitative estimate of drug-likeness (QED) is 0.627. The summed E-state index contributed by atoms with van der Waals surface area (Å²) in [5.74, 6) is 0. The van der Waals surface area contributed by atoms with Crippen LogP contribution in [0.15, 0.2) is 0 Å². The van der Waals surface area contributed by atoms with Gasteiger partial charge in [0.1, 0.15) is 0 Å². The van der Waals surface area contributed by atoms with Crippen molar-refractivity contribution in [2.45, 2.75) is 25.7 Å². The van der Waals surface area contributed by atoms with Gasteiger partial charge in [0.2, 0.25) is 0 Å². The molecule has 2 saturated heterocycles. The summed E-state index contributed by atoms with van der Waals surface area (Å²) in [6.45, 7) is 2.98. The van der Waals surface area contributed by atoms with E-state index < -0.39 is 20.0 Å². The van der Waals surface area contributed by atoms with E-state index in [-0.39, 0.29) is 0 Å². The van der Waals surface area contributed by atoms with Crippen molar-refractivity contribution in [3.63, 3.8) is 0 Å². The van der Waals surface area contributed by atoms with Crippen molar-refractivity contribution in [3.05, 3.63) is 0 Å². The van der Waals surface area contributed by atoms with Crippen LogP contribution >= 0.6 is 0 Å². The number of rotatable bonds is 0. The summed E-state index contributed by atoms with van der Waals surface area (Å²) < 4.78 is 22.6. The second kappa shape index (κ2) is 4.93. The summed E-state index contributed by atoms with van der Waals surface area (Å²) in [4.78, 5) is 0. The van der Waals surface area contributed by atoms with Crippen LogP contribution in [0.1, 0.15) is 25.7 Å². The van der Waals surface area contributed by atoms with E-state index in [1.54, 1.807) is 0 Å². The molecule has 0 amide bonds. The Bertz CT molecular complexity index is 127. The summed E-state index contributed by atoms with van der Waals surface area (Å²) >= 11 is -3.44. The fraction of sp³-hybridized carbons (Fsp3) is 1.00. The molecule has 0 aliphatic carbocycles. The molecule has 2 aliphatic heterocycles. The molecule has 0 atom stereocenters. The fourth-order valence-corrected chi connectivity index (χ4v) is 7.38. The molecule has 0 radical (unpaired) electrons. The zero-order valence-corrected chi connectivity index (χ0v) is 10.6. The van der Waals surface area contributed by atoms with Crippen LogP contribution in [0.4, 0.5) is 0 Å². The Morgan fingerprint density at radius 2 is 0.846 bits per heavy atom. The van der Waals surface area contributed by atoms with E-state index in [1.165, 1.54) is 0 Å². The topological polar surface area (TPSA) is 36.9 Å². The number of hydrogen-bond donors (Lipinski definition) is 0. The first-order chi connectivity index (χ1) is 6.41. The first kappa shape index (κ1) is 10.2. The van der Waals surface area contributed by atoms with Gasteiger partial charge in [0, 0.05) is 0 Å². The second-order valence-electron chi connectivity index (χ2n) is 3.31. The van der Waals surface area contributed by atoms with Crippen LogP contribution in [0, 0.1) is 0 Å². The summed E-state index contributed by atoms with van der Waals surface area (Å²) in [7, 11) is 0. The van der Waals surface area contributed by atoms with Gasteiger partial charge in [-0.3, -0.25) is 0 Å². The van der Waals surface area contributed by atoms with Crippen LogP contribution < -0.4 is 0 Å². The third-order valence-electron chi connectivity index (χ3n) is 2.19. The minimum atomic E-state index is -3.44. The predicted octanol–water partition coefficient (Wildman–Crippen LogP) is 1.08. The summed E-state index contributed by atoms with van der Waals surface area (Å²) in [5, 5.41) is 0. The van der Waals surface area contributed by atoms with Crippen LogP contribution in [0.2, 0.25) is 0 Å². The van der Waals surface area contributed by atoms with Gasteiger partial charge < -0.3 is 0 Å². The van der Waals surface area contributed by atoms with Crippen LogP contribution in [0.3, 0.4) is 0 Å². The summed E-state index contributed by atoms with van der Waals surface area (Å²) in [5.41, 5.74) is 0. The van der Waals surface area contributed by atoms with Crippen LogP contribution in [-0.2, 0) is 12.3 Å². The molecule has 13 heavy (non-hydrogen) atoms. The van der Waals surface area contributed by atoms with Crippen LogP contribution in [0.5, 0.6) is 0 Å². The number of hydrogen-bond acceptors (Lipinski definition) is 4. The molecule has 1 spiro atoms. The molecule has 4 nitrogen and oxygen atoms in total. The summed E-state index contributed by atoms with van der Waals surface area (Å²) in [6.07, 6.45) is 4.24. The maximum atomic E-state index is 5.65. The average molecular weight is 295 g/mol. The van der Waals surface area contributed by atoms with E-state index in [0.29, 0.717) is 0 Å². The molecule has 0 bridgehead atoms. The molecule has 0 saturated carbocycles. The Kier molecular flexibility index (Phi) is 3.85. The molecule has 0 aromatic rings. The van der Waals surface area contributed by atoms with E-state index in [2.05, 4.69) is 0 Å². The van der Waals surface area contributed by atoms with Gasteiger partial charge in [0.15, 0.2) is 0 Å². The normalized spacial score (nSPS) is 29.5. The van der Waals surface area contributed by atoms with Gasteiger partial charge in [-0.05, 0) is 0 Å². The van der Waals surface area contributed by atoms with Gasteiger partial charge in [-0.2, -0.15) is 0 Å². The Balaban J connectivity index is 1.97. The third-order valence-corrected chi connectivity index (χ3v) is 8.56. The van der Waals surface area contributed by atoms with Gasteiger partial charge >= 0.3 is 84.4 Å². The minimum absolute atomic E-state index is 0.746. The van der Waals surface area contributed by atoms with Gasteiger partial charge in [0.05, 0.1) is 0 Å². The molecule has 5 heteroatoms. The Labute approximate surface area is 84.6 Å².